The number of unbranched alkanes of at least 4 members (excludes halogenated alkanes) is 1. The lowest BCUT2D eigenvalue weighted by atomic mass is 9.85. The van der Waals surface area contributed by atoms with Gasteiger partial charge in [0.15, 0.2) is 0 Å². The summed E-state index contributed by atoms with van der Waals surface area (Å²) in [7, 11) is 2.16. The van der Waals surface area contributed by atoms with Crippen molar-refractivity contribution in [3.8, 4) is 0 Å². The largest absolute Gasteiger partial charge is 0.366 e. The van der Waals surface area contributed by atoms with Crippen LogP contribution in [0.1, 0.15) is 84.0 Å². The van der Waals surface area contributed by atoms with Crippen molar-refractivity contribution in [3.05, 3.63) is 0 Å². The van der Waals surface area contributed by atoms with Gasteiger partial charge in [0, 0.05) is 25.9 Å². The Balaban J connectivity index is 1.35. The molecule has 148 valence electrons. The number of amides is 1. The molecule has 0 radical (unpaired) electrons. The first kappa shape index (κ1) is 19.8. The maximum absolute atomic E-state index is 12.1. The molecule has 3 rings (SSSR count). The summed E-state index contributed by atoms with van der Waals surface area (Å²) in [6.07, 6.45) is 14.1. The maximum atomic E-state index is 12.1. The summed E-state index contributed by atoms with van der Waals surface area (Å²) in [5.41, 5.74) is 3.74. The summed E-state index contributed by atoms with van der Waals surface area (Å²) < 4.78 is 6.24. The molecule has 2 aliphatic heterocycles. The van der Waals surface area contributed by atoms with Crippen LogP contribution in [0.2, 0.25) is 0 Å². The van der Waals surface area contributed by atoms with E-state index in [0.717, 1.165) is 50.4 Å². The maximum Gasteiger partial charge on any atom is 0.240 e. The minimum absolute atomic E-state index is 0.0185. The van der Waals surface area contributed by atoms with E-state index in [1.54, 1.807) is 0 Å². The number of hydrogen-bond acceptors (Lipinski definition) is 4. The molecule has 1 amide bonds. The monoisotopic (exact) mass is 363 g/mol. The van der Waals surface area contributed by atoms with Crippen LogP contribution < -0.4 is 5.43 Å². The van der Waals surface area contributed by atoms with Gasteiger partial charge in [0.1, 0.15) is 0 Å². The molecule has 0 aromatic heterocycles. The molecule has 1 spiro atoms. The van der Waals surface area contributed by atoms with Crippen molar-refractivity contribution < 1.29 is 9.53 Å². The molecule has 3 fully saturated rings. The molecule has 1 aliphatic carbocycles. The van der Waals surface area contributed by atoms with Gasteiger partial charge < -0.3 is 9.64 Å². The number of hydrazone groups is 1. The normalized spacial score (nSPS) is 28.7. The Hall–Kier alpha value is -0.940. The molecule has 2 heterocycles. The smallest absolute Gasteiger partial charge is 0.240 e. The van der Waals surface area contributed by atoms with E-state index in [9.17, 15) is 4.79 Å². The Bertz CT molecular complexity index is 491. The molecule has 1 unspecified atom stereocenters. The van der Waals surface area contributed by atoms with E-state index >= 15 is 0 Å². The fourth-order valence-corrected chi connectivity index (χ4v) is 4.79. The number of carbonyl (C=O) groups excluding carboxylic acids is 1. The second kappa shape index (κ2) is 9.32. The molecular formula is C21H37N3O2. The van der Waals surface area contributed by atoms with Gasteiger partial charge in [0.2, 0.25) is 5.91 Å². The Morgan fingerprint density at radius 1 is 1.23 bits per heavy atom. The van der Waals surface area contributed by atoms with Crippen molar-refractivity contribution in [1.29, 1.82) is 0 Å². The molecule has 5 heteroatoms. The lowest BCUT2D eigenvalue weighted by Crippen LogP contribution is -2.42. The molecule has 1 N–H and O–H groups in total. The average molecular weight is 364 g/mol. The van der Waals surface area contributed by atoms with Crippen molar-refractivity contribution in [2.75, 3.05) is 20.1 Å². The zero-order valence-electron chi connectivity index (χ0n) is 16.8. The molecule has 26 heavy (non-hydrogen) atoms. The first-order valence-electron chi connectivity index (χ1n) is 10.8. The number of hydrogen-bond donors (Lipinski definition) is 1. The zero-order valence-corrected chi connectivity index (χ0v) is 16.8. The Morgan fingerprint density at radius 2 is 1.96 bits per heavy atom. The first-order chi connectivity index (χ1) is 12.6. The summed E-state index contributed by atoms with van der Waals surface area (Å²) >= 11 is 0. The third-order valence-electron chi connectivity index (χ3n) is 6.61. The van der Waals surface area contributed by atoms with Gasteiger partial charge >= 0.3 is 0 Å². The van der Waals surface area contributed by atoms with Gasteiger partial charge in [-0.25, -0.2) is 5.43 Å². The summed E-state index contributed by atoms with van der Waals surface area (Å²) in [6, 6.07) is 0. The third-order valence-corrected chi connectivity index (χ3v) is 6.61. The van der Waals surface area contributed by atoms with Crippen LogP contribution in [0.5, 0.6) is 0 Å². The van der Waals surface area contributed by atoms with E-state index in [-0.39, 0.29) is 17.6 Å². The molecule has 3 aliphatic rings. The van der Waals surface area contributed by atoms with Gasteiger partial charge in [-0.3, -0.25) is 4.79 Å². The third kappa shape index (κ3) is 5.53. The fourth-order valence-electron chi connectivity index (χ4n) is 4.79. The second-order valence-corrected chi connectivity index (χ2v) is 8.81. The number of carbonyl (C=O) groups is 1. The van der Waals surface area contributed by atoms with E-state index in [4.69, 9.17) is 4.74 Å². The summed E-state index contributed by atoms with van der Waals surface area (Å²) in [6.45, 7) is 4.21. The van der Waals surface area contributed by atoms with Crippen molar-refractivity contribution >= 4 is 11.6 Å². The van der Waals surface area contributed by atoms with Gasteiger partial charge in [-0.2, -0.15) is 5.10 Å². The molecule has 0 aromatic carbocycles. The number of piperidine rings is 1. The highest BCUT2D eigenvalue weighted by Crippen LogP contribution is 2.37. The van der Waals surface area contributed by atoms with E-state index in [1.807, 2.05) is 0 Å². The van der Waals surface area contributed by atoms with Gasteiger partial charge in [-0.15, -0.1) is 0 Å². The highest BCUT2D eigenvalue weighted by atomic mass is 16.5. The van der Waals surface area contributed by atoms with Crippen LogP contribution in [0.3, 0.4) is 0 Å². The molecule has 5 nitrogen and oxygen atoms in total. The Kier molecular flexibility index (Phi) is 7.10. The molecular weight excluding hydrogens is 326 g/mol. The predicted octanol–water partition coefficient (Wildman–Crippen LogP) is 3.87. The summed E-state index contributed by atoms with van der Waals surface area (Å²) in [4.78, 5) is 14.5. The van der Waals surface area contributed by atoms with Crippen LogP contribution in [-0.2, 0) is 9.53 Å². The van der Waals surface area contributed by atoms with Crippen LogP contribution in [0.15, 0.2) is 5.10 Å². The highest BCUT2D eigenvalue weighted by Gasteiger charge is 2.44. The van der Waals surface area contributed by atoms with Crippen LogP contribution in [0.25, 0.3) is 0 Å². The molecule has 0 bridgehead atoms. The number of nitrogens with one attached hydrogen (secondary N) is 1. The van der Waals surface area contributed by atoms with Crippen molar-refractivity contribution in [2.24, 2.45) is 11.0 Å². The lowest BCUT2D eigenvalue weighted by molar-refractivity contribution is -0.121. The second-order valence-electron chi connectivity index (χ2n) is 8.81. The number of likely N-dealkylation sites (tertiary alicyclic amines) is 1. The van der Waals surface area contributed by atoms with E-state index < -0.39 is 0 Å². The van der Waals surface area contributed by atoms with Gasteiger partial charge in [0.25, 0.3) is 0 Å². The van der Waals surface area contributed by atoms with E-state index in [0.29, 0.717) is 6.42 Å². The Morgan fingerprint density at radius 3 is 2.69 bits per heavy atom. The fraction of sp³-hybridized carbons (Fsp3) is 0.905. The minimum atomic E-state index is -0.0461. The quantitative estimate of drug-likeness (QED) is 0.576. The van der Waals surface area contributed by atoms with Gasteiger partial charge in [0.05, 0.1) is 17.4 Å². The summed E-state index contributed by atoms with van der Waals surface area (Å²) in [5, 5.41) is 4.42. The lowest BCUT2D eigenvalue weighted by Gasteiger charge is -2.36. The predicted molar refractivity (Wildman–Crippen MR) is 105 cm³/mol. The molecule has 1 saturated carbocycles. The molecule has 0 aromatic rings. The average Bonchev–Trinajstić information content (AvgIpc) is 2.96. The van der Waals surface area contributed by atoms with Crippen molar-refractivity contribution in [1.82, 2.24) is 10.3 Å². The zero-order chi connectivity index (χ0) is 18.4. The highest BCUT2D eigenvalue weighted by molar-refractivity contribution is 5.92. The van der Waals surface area contributed by atoms with E-state index in [2.05, 4.69) is 29.4 Å². The van der Waals surface area contributed by atoms with Crippen LogP contribution in [0.4, 0.5) is 0 Å². The van der Waals surface area contributed by atoms with Crippen LogP contribution in [-0.4, -0.2) is 48.4 Å². The number of rotatable bonds is 6. The first-order valence-corrected chi connectivity index (χ1v) is 10.8. The number of nitrogens with zero attached hydrogens (tertiary/aromatic N) is 2. The minimum Gasteiger partial charge on any atom is -0.366 e. The standard InChI is InChI=1S/C21H37N3O2/c1-17-19(16-21(26-17)12-14-24(2)15-13-21)22-23-20(25)11-7-6-10-18-8-4-3-5-9-18/h17-18H,3-16H2,1-2H3,(H,23,25)/b22-19+. The SMILES string of the molecule is CC1OC2(CCN(C)CC2)C/C1=N\NC(=O)CCCCC1CCCCC1. The van der Waals surface area contributed by atoms with Crippen LogP contribution in [0, 0.1) is 5.92 Å². The van der Waals surface area contributed by atoms with E-state index in [1.165, 1.54) is 44.9 Å². The Labute approximate surface area is 158 Å². The van der Waals surface area contributed by atoms with Gasteiger partial charge in [-0.05, 0) is 39.2 Å². The van der Waals surface area contributed by atoms with Gasteiger partial charge in [-0.1, -0.05) is 44.9 Å². The van der Waals surface area contributed by atoms with Crippen LogP contribution >= 0.6 is 0 Å². The molecule has 2 saturated heterocycles. The number of ether oxygens (including phenoxy) is 1. The molecule has 1 atom stereocenters. The summed E-state index contributed by atoms with van der Waals surface area (Å²) in [5.74, 6) is 0.965. The van der Waals surface area contributed by atoms with Crippen molar-refractivity contribution in [2.45, 2.75) is 95.7 Å². The topological polar surface area (TPSA) is 53.9 Å². The van der Waals surface area contributed by atoms with Crippen molar-refractivity contribution in [3.63, 3.8) is 0 Å².